The Morgan fingerprint density at radius 2 is 1.62 bits per heavy atom. The molecule has 2 amide bonds. The smallest absolute Gasteiger partial charge is 0.337 e. The van der Waals surface area contributed by atoms with Crippen LogP contribution in [0.1, 0.15) is 28.8 Å². The van der Waals surface area contributed by atoms with Crippen LogP contribution in [0.5, 0.6) is 0 Å². The molecule has 6 nitrogen and oxygen atoms in total. The summed E-state index contributed by atoms with van der Waals surface area (Å²) >= 11 is 0. The molecule has 2 aromatic carbocycles. The number of anilines is 1. The molecule has 1 saturated carbocycles. The Kier molecular flexibility index (Phi) is 5.02. The van der Waals surface area contributed by atoms with Crippen molar-refractivity contribution >= 4 is 23.5 Å². The first-order valence-electron chi connectivity index (χ1n) is 8.37. The number of esters is 1. The third-order valence-corrected chi connectivity index (χ3v) is 4.48. The Morgan fingerprint density at radius 1 is 0.962 bits per heavy atom. The molecule has 26 heavy (non-hydrogen) atoms. The highest BCUT2D eigenvalue weighted by atomic mass is 16.5. The standard InChI is InChI=1S/C20H20N2O4/c1-26-17(23)15-7-9-16(10-8-15)22-19(25)20(11-12-20)18(24)21-13-14-5-3-2-4-6-14/h2-10H,11-13H2,1H3,(H,21,24)(H,22,25). The van der Waals surface area contributed by atoms with Gasteiger partial charge in [-0.05, 0) is 42.7 Å². The Bertz CT molecular complexity index is 811. The first kappa shape index (κ1) is 17.7. The predicted molar refractivity (Wildman–Crippen MR) is 96.4 cm³/mol. The molecule has 6 heteroatoms. The molecule has 0 spiro atoms. The number of nitrogens with one attached hydrogen (secondary N) is 2. The fourth-order valence-electron chi connectivity index (χ4n) is 2.69. The number of rotatable bonds is 6. The number of hydrogen-bond acceptors (Lipinski definition) is 4. The Labute approximate surface area is 151 Å². The summed E-state index contributed by atoms with van der Waals surface area (Å²) in [7, 11) is 1.31. The molecule has 1 aliphatic carbocycles. The highest BCUT2D eigenvalue weighted by Crippen LogP contribution is 2.46. The van der Waals surface area contributed by atoms with Crippen molar-refractivity contribution in [3.05, 3.63) is 65.7 Å². The minimum atomic E-state index is -1.00. The number of hydrogen-bond donors (Lipinski definition) is 2. The highest BCUT2D eigenvalue weighted by Gasteiger charge is 2.56. The van der Waals surface area contributed by atoms with Gasteiger partial charge >= 0.3 is 5.97 Å². The van der Waals surface area contributed by atoms with Gasteiger partial charge in [0.2, 0.25) is 11.8 Å². The zero-order chi connectivity index (χ0) is 18.6. The highest BCUT2D eigenvalue weighted by molar-refractivity contribution is 6.13. The van der Waals surface area contributed by atoms with Crippen LogP contribution in [0.3, 0.4) is 0 Å². The molecular weight excluding hydrogens is 332 g/mol. The van der Waals surface area contributed by atoms with E-state index in [0.717, 1.165) is 5.56 Å². The number of ether oxygens (including phenoxy) is 1. The minimum Gasteiger partial charge on any atom is -0.465 e. The maximum absolute atomic E-state index is 12.6. The fourth-order valence-corrected chi connectivity index (χ4v) is 2.69. The largest absolute Gasteiger partial charge is 0.465 e. The lowest BCUT2D eigenvalue weighted by atomic mass is 10.0. The van der Waals surface area contributed by atoms with E-state index in [2.05, 4.69) is 15.4 Å². The molecule has 2 N–H and O–H groups in total. The Morgan fingerprint density at radius 3 is 2.19 bits per heavy atom. The average molecular weight is 352 g/mol. The van der Waals surface area contributed by atoms with E-state index in [9.17, 15) is 14.4 Å². The van der Waals surface area contributed by atoms with Gasteiger partial charge in [-0.2, -0.15) is 0 Å². The van der Waals surface area contributed by atoms with Crippen LogP contribution in [0, 0.1) is 5.41 Å². The minimum absolute atomic E-state index is 0.259. The van der Waals surface area contributed by atoms with Crippen molar-refractivity contribution < 1.29 is 19.1 Å². The van der Waals surface area contributed by atoms with Gasteiger partial charge in [-0.3, -0.25) is 9.59 Å². The van der Waals surface area contributed by atoms with Gasteiger partial charge in [-0.1, -0.05) is 30.3 Å². The molecular formula is C20H20N2O4. The SMILES string of the molecule is COC(=O)c1ccc(NC(=O)C2(C(=O)NCc3ccccc3)CC2)cc1. The van der Waals surface area contributed by atoms with Crippen LogP contribution in [-0.4, -0.2) is 24.9 Å². The van der Waals surface area contributed by atoms with Crippen LogP contribution in [0.15, 0.2) is 54.6 Å². The molecule has 0 radical (unpaired) electrons. The molecule has 0 bridgehead atoms. The van der Waals surface area contributed by atoms with Crippen molar-refractivity contribution in [2.24, 2.45) is 5.41 Å². The summed E-state index contributed by atoms with van der Waals surface area (Å²) in [6.45, 7) is 0.391. The van der Waals surface area contributed by atoms with Crippen molar-refractivity contribution in [3.8, 4) is 0 Å². The monoisotopic (exact) mass is 352 g/mol. The Hall–Kier alpha value is -3.15. The molecule has 0 aliphatic heterocycles. The van der Waals surface area contributed by atoms with Crippen molar-refractivity contribution in [2.75, 3.05) is 12.4 Å². The van der Waals surface area contributed by atoms with Crippen LogP contribution in [0.25, 0.3) is 0 Å². The van der Waals surface area contributed by atoms with E-state index in [4.69, 9.17) is 0 Å². The number of carbonyl (C=O) groups is 3. The van der Waals surface area contributed by atoms with E-state index in [1.807, 2.05) is 30.3 Å². The van der Waals surface area contributed by atoms with Gasteiger partial charge in [0.25, 0.3) is 0 Å². The van der Waals surface area contributed by atoms with Crippen LogP contribution in [0.4, 0.5) is 5.69 Å². The van der Waals surface area contributed by atoms with E-state index in [0.29, 0.717) is 30.6 Å². The van der Waals surface area contributed by atoms with E-state index in [-0.39, 0.29) is 11.8 Å². The lowest BCUT2D eigenvalue weighted by molar-refractivity contribution is -0.134. The third-order valence-electron chi connectivity index (χ3n) is 4.48. The quantitative estimate of drug-likeness (QED) is 0.618. The first-order chi connectivity index (χ1) is 12.5. The van der Waals surface area contributed by atoms with E-state index >= 15 is 0 Å². The van der Waals surface area contributed by atoms with Crippen LogP contribution in [0.2, 0.25) is 0 Å². The summed E-state index contributed by atoms with van der Waals surface area (Å²) in [6.07, 6.45) is 1.05. The van der Waals surface area contributed by atoms with E-state index < -0.39 is 11.4 Å². The van der Waals surface area contributed by atoms with E-state index in [1.54, 1.807) is 24.3 Å². The van der Waals surface area contributed by atoms with Gasteiger partial charge in [0, 0.05) is 12.2 Å². The maximum atomic E-state index is 12.6. The Balaban J connectivity index is 1.59. The van der Waals surface area contributed by atoms with Gasteiger partial charge in [-0.25, -0.2) is 4.79 Å². The number of benzene rings is 2. The summed E-state index contributed by atoms with van der Waals surface area (Å²) in [6, 6.07) is 15.9. The van der Waals surface area contributed by atoms with Crippen molar-refractivity contribution in [1.82, 2.24) is 5.32 Å². The van der Waals surface area contributed by atoms with Gasteiger partial charge in [0.1, 0.15) is 5.41 Å². The molecule has 0 unspecified atom stereocenters. The number of methoxy groups -OCH3 is 1. The molecule has 0 atom stereocenters. The lowest BCUT2D eigenvalue weighted by Gasteiger charge is -2.15. The maximum Gasteiger partial charge on any atom is 0.337 e. The summed E-state index contributed by atoms with van der Waals surface area (Å²) in [5.74, 6) is -1.03. The zero-order valence-corrected chi connectivity index (χ0v) is 14.5. The predicted octanol–water partition coefficient (Wildman–Crippen LogP) is 2.51. The summed E-state index contributed by atoms with van der Waals surface area (Å²) < 4.78 is 4.64. The molecule has 0 saturated heterocycles. The third kappa shape index (κ3) is 3.74. The van der Waals surface area contributed by atoms with Crippen molar-refractivity contribution in [3.63, 3.8) is 0 Å². The van der Waals surface area contributed by atoms with Gasteiger partial charge < -0.3 is 15.4 Å². The van der Waals surface area contributed by atoms with Gasteiger partial charge in [-0.15, -0.1) is 0 Å². The summed E-state index contributed by atoms with van der Waals surface area (Å²) in [5.41, 5.74) is 0.906. The number of carbonyl (C=O) groups excluding carboxylic acids is 3. The van der Waals surface area contributed by atoms with Crippen LogP contribution >= 0.6 is 0 Å². The van der Waals surface area contributed by atoms with Gasteiger partial charge in [0.05, 0.1) is 12.7 Å². The molecule has 0 aromatic heterocycles. The molecule has 3 rings (SSSR count). The number of amides is 2. The second kappa shape index (κ2) is 7.39. The summed E-state index contributed by atoms with van der Waals surface area (Å²) in [5, 5.41) is 5.60. The zero-order valence-electron chi connectivity index (χ0n) is 14.5. The van der Waals surface area contributed by atoms with Crippen LogP contribution in [-0.2, 0) is 20.9 Å². The van der Waals surface area contributed by atoms with Crippen molar-refractivity contribution in [2.45, 2.75) is 19.4 Å². The van der Waals surface area contributed by atoms with Gasteiger partial charge in [0.15, 0.2) is 0 Å². The second-order valence-corrected chi connectivity index (χ2v) is 6.27. The molecule has 2 aromatic rings. The lowest BCUT2D eigenvalue weighted by Crippen LogP contribution is -2.39. The van der Waals surface area contributed by atoms with Crippen molar-refractivity contribution in [1.29, 1.82) is 0 Å². The average Bonchev–Trinajstić information content (AvgIpc) is 3.49. The topological polar surface area (TPSA) is 84.5 Å². The molecule has 0 heterocycles. The normalized spacial score (nSPS) is 14.2. The molecule has 134 valence electrons. The van der Waals surface area contributed by atoms with Crippen LogP contribution < -0.4 is 10.6 Å². The fraction of sp³-hybridized carbons (Fsp3) is 0.250. The molecule has 1 fully saturated rings. The molecule has 1 aliphatic rings. The second-order valence-electron chi connectivity index (χ2n) is 6.27. The first-order valence-corrected chi connectivity index (χ1v) is 8.37. The van der Waals surface area contributed by atoms with E-state index in [1.165, 1.54) is 7.11 Å². The summed E-state index contributed by atoms with van der Waals surface area (Å²) in [4.78, 5) is 36.5.